The van der Waals surface area contributed by atoms with Gasteiger partial charge in [0.2, 0.25) is 0 Å². The summed E-state index contributed by atoms with van der Waals surface area (Å²) in [6.45, 7) is 13.8. The van der Waals surface area contributed by atoms with Crippen molar-refractivity contribution in [1.29, 1.82) is 0 Å². The van der Waals surface area contributed by atoms with Gasteiger partial charge in [0, 0.05) is 45.3 Å². The van der Waals surface area contributed by atoms with Gasteiger partial charge in [-0.1, -0.05) is 13.8 Å². The Morgan fingerprint density at radius 2 is 2.10 bits per heavy atom. The lowest BCUT2D eigenvalue weighted by Crippen LogP contribution is -2.48. The maximum Gasteiger partial charge on any atom is 0.0829 e. The van der Waals surface area contributed by atoms with Crippen molar-refractivity contribution in [2.45, 2.75) is 38.8 Å². The third kappa shape index (κ3) is 3.73. The molecule has 20 heavy (non-hydrogen) atoms. The summed E-state index contributed by atoms with van der Waals surface area (Å²) in [6.07, 6.45) is 3.19. The van der Waals surface area contributed by atoms with Crippen molar-refractivity contribution in [3.8, 4) is 0 Å². The first-order valence-corrected chi connectivity index (χ1v) is 8.50. The van der Waals surface area contributed by atoms with E-state index in [1.807, 2.05) is 0 Å². The van der Waals surface area contributed by atoms with Crippen LogP contribution in [0.3, 0.4) is 0 Å². The van der Waals surface area contributed by atoms with E-state index in [1.54, 1.807) is 0 Å². The molecule has 3 heterocycles. The van der Waals surface area contributed by atoms with Crippen molar-refractivity contribution >= 4 is 0 Å². The summed E-state index contributed by atoms with van der Waals surface area (Å²) in [4.78, 5) is 5.22. The monoisotopic (exact) mass is 281 g/mol. The van der Waals surface area contributed by atoms with Gasteiger partial charge in [-0.3, -0.25) is 9.80 Å². The Bertz CT molecular complexity index is 296. The van der Waals surface area contributed by atoms with E-state index >= 15 is 0 Å². The quantitative estimate of drug-likeness (QED) is 0.833. The number of rotatable bonds is 4. The summed E-state index contributed by atoms with van der Waals surface area (Å²) in [7, 11) is 0. The maximum absolute atomic E-state index is 6.00. The van der Waals surface area contributed by atoms with E-state index in [9.17, 15) is 0 Å². The van der Waals surface area contributed by atoms with Gasteiger partial charge in [-0.15, -0.1) is 0 Å². The summed E-state index contributed by atoms with van der Waals surface area (Å²) in [5, 5.41) is 3.69. The summed E-state index contributed by atoms with van der Waals surface area (Å²) in [5.41, 5.74) is 0. The Morgan fingerprint density at radius 1 is 1.20 bits per heavy atom. The summed E-state index contributed by atoms with van der Waals surface area (Å²) >= 11 is 0. The van der Waals surface area contributed by atoms with Crippen LogP contribution in [0.2, 0.25) is 0 Å². The van der Waals surface area contributed by atoms with Gasteiger partial charge in [0.15, 0.2) is 0 Å². The van der Waals surface area contributed by atoms with Gasteiger partial charge in [0.05, 0.1) is 12.7 Å². The number of nitrogens with one attached hydrogen (secondary N) is 1. The van der Waals surface area contributed by atoms with Crippen LogP contribution in [0.5, 0.6) is 0 Å². The van der Waals surface area contributed by atoms with Crippen LogP contribution in [0.4, 0.5) is 0 Å². The van der Waals surface area contributed by atoms with E-state index in [0.29, 0.717) is 6.10 Å². The molecule has 0 spiro atoms. The van der Waals surface area contributed by atoms with Gasteiger partial charge in [0.25, 0.3) is 0 Å². The molecule has 3 unspecified atom stereocenters. The van der Waals surface area contributed by atoms with Crippen molar-refractivity contribution < 1.29 is 4.74 Å². The molecule has 0 saturated carbocycles. The molecular weight excluding hydrogens is 250 g/mol. The molecule has 0 amide bonds. The number of nitrogens with zero attached hydrogens (tertiary/aromatic N) is 2. The highest BCUT2D eigenvalue weighted by Gasteiger charge is 2.35. The van der Waals surface area contributed by atoms with Crippen molar-refractivity contribution in [1.82, 2.24) is 15.1 Å². The largest absolute Gasteiger partial charge is 0.374 e. The number of hydrogen-bond acceptors (Lipinski definition) is 4. The first-order valence-electron chi connectivity index (χ1n) is 8.50. The smallest absolute Gasteiger partial charge is 0.0829 e. The second-order valence-electron chi connectivity index (χ2n) is 7.33. The molecule has 116 valence electrons. The SMILES string of the molecule is CC(C)CN1CCOC(CN2CC3CCCNC3C2)C1. The van der Waals surface area contributed by atoms with Crippen LogP contribution in [0, 0.1) is 11.8 Å². The molecular formula is C16H31N3O. The predicted molar refractivity (Wildman–Crippen MR) is 82.0 cm³/mol. The van der Waals surface area contributed by atoms with E-state index < -0.39 is 0 Å². The molecule has 0 bridgehead atoms. The normalized spacial score (nSPS) is 36.5. The van der Waals surface area contributed by atoms with Crippen molar-refractivity contribution in [3.63, 3.8) is 0 Å². The van der Waals surface area contributed by atoms with E-state index in [2.05, 4.69) is 29.0 Å². The lowest BCUT2D eigenvalue weighted by Gasteiger charge is -2.35. The van der Waals surface area contributed by atoms with E-state index in [0.717, 1.165) is 44.1 Å². The standard InChI is InChI=1S/C16H31N3O/c1-13(2)8-18-6-7-20-15(10-18)11-19-9-14-4-3-5-17-16(14)12-19/h13-17H,3-12H2,1-2H3. The topological polar surface area (TPSA) is 27.7 Å². The fourth-order valence-corrected chi connectivity index (χ4v) is 4.15. The molecule has 3 aliphatic rings. The number of ether oxygens (including phenoxy) is 1. The Balaban J connectivity index is 1.45. The Hall–Kier alpha value is -0.160. The third-order valence-corrected chi connectivity index (χ3v) is 4.98. The second-order valence-corrected chi connectivity index (χ2v) is 7.33. The fourth-order valence-electron chi connectivity index (χ4n) is 4.15. The minimum absolute atomic E-state index is 0.419. The molecule has 1 N–H and O–H groups in total. The van der Waals surface area contributed by atoms with E-state index in [1.165, 1.54) is 39.0 Å². The number of morpholine rings is 1. The second kappa shape index (κ2) is 6.73. The highest BCUT2D eigenvalue weighted by Crippen LogP contribution is 2.25. The maximum atomic E-state index is 6.00. The third-order valence-electron chi connectivity index (χ3n) is 4.98. The molecule has 3 aliphatic heterocycles. The Morgan fingerprint density at radius 3 is 2.90 bits per heavy atom. The van der Waals surface area contributed by atoms with Gasteiger partial charge < -0.3 is 10.1 Å². The van der Waals surface area contributed by atoms with Crippen molar-refractivity contribution in [2.24, 2.45) is 11.8 Å². The molecule has 3 rings (SSSR count). The molecule has 3 fully saturated rings. The number of fused-ring (bicyclic) bond motifs is 1. The summed E-state index contributed by atoms with van der Waals surface area (Å²) < 4.78 is 6.00. The van der Waals surface area contributed by atoms with E-state index in [-0.39, 0.29) is 0 Å². The van der Waals surface area contributed by atoms with Gasteiger partial charge >= 0.3 is 0 Å². The Kier molecular flexibility index (Phi) is 4.97. The van der Waals surface area contributed by atoms with Crippen LogP contribution in [-0.2, 0) is 4.74 Å². The first-order chi connectivity index (χ1) is 9.70. The van der Waals surface area contributed by atoms with E-state index in [4.69, 9.17) is 4.74 Å². The molecule has 3 saturated heterocycles. The average Bonchev–Trinajstić information content (AvgIpc) is 2.80. The summed E-state index contributed by atoms with van der Waals surface area (Å²) in [5.74, 6) is 1.65. The molecule has 0 aliphatic carbocycles. The van der Waals surface area contributed by atoms with Gasteiger partial charge in [0.1, 0.15) is 0 Å². The molecule has 0 aromatic heterocycles. The van der Waals surface area contributed by atoms with Crippen LogP contribution in [0.25, 0.3) is 0 Å². The minimum atomic E-state index is 0.419. The molecule has 0 radical (unpaired) electrons. The molecule has 4 heteroatoms. The molecule has 3 atom stereocenters. The van der Waals surface area contributed by atoms with Gasteiger partial charge in [-0.05, 0) is 31.2 Å². The molecule has 0 aromatic carbocycles. The van der Waals surface area contributed by atoms with Crippen molar-refractivity contribution in [3.05, 3.63) is 0 Å². The van der Waals surface area contributed by atoms with Crippen LogP contribution in [0.15, 0.2) is 0 Å². The van der Waals surface area contributed by atoms with Crippen LogP contribution < -0.4 is 5.32 Å². The number of hydrogen-bond donors (Lipinski definition) is 1. The lowest BCUT2D eigenvalue weighted by molar-refractivity contribution is -0.0439. The van der Waals surface area contributed by atoms with Gasteiger partial charge in [-0.25, -0.2) is 0 Å². The zero-order valence-electron chi connectivity index (χ0n) is 13.2. The number of piperidine rings is 1. The predicted octanol–water partition coefficient (Wildman–Crippen LogP) is 1.03. The average molecular weight is 281 g/mol. The lowest BCUT2D eigenvalue weighted by atomic mass is 9.94. The van der Waals surface area contributed by atoms with Gasteiger partial charge in [-0.2, -0.15) is 0 Å². The minimum Gasteiger partial charge on any atom is -0.374 e. The fraction of sp³-hybridized carbons (Fsp3) is 1.00. The zero-order chi connectivity index (χ0) is 13.9. The molecule has 0 aromatic rings. The number of likely N-dealkylation sites (tertiary alicyclic amines) is 1. The Labute approximate surface area is 123 Å². The van der Waals surface area contributed by atoms with Crippen LogP contribution in [-0.4, -0.2) is 74.4 Å². The summed E-state index contributed by atoms with van der Waals surface area (Å²) in [6, 6.07) is 0.749. The highest BCUT2D eigenvalue weighted by molar-refractivity contribution is 4.92. The highest BCUT2D eigenvalue weighted by atomic mass is 16.5. The van der Waals surface area contributed by atoms with Crippen molar-refractivity contribution in [2.75, 3.05) is 52.4 Å². The van der Waals surface area contributed by atoms with Crippen LogP contribution in [0.1, 0.15) is 26.7 Å². The molecule has 4 nitrogen and oxygen atoms in total. The zero-order valence-corrected chi connectivity index (χ0v) is 13.2. The first kappa shape index (κ1) is 14.8. The van der Waals surface area contributed by atoms with Crippen LogP contribution >= 0.6 is 0 Å².